The van der Waals surface area contributed by atoms with Gasteiger partial charge in [-0.2, -0.15) is 0 Å². The Labute approximate surface area is 85.2 Å². The van der Waals surface area contributed by atoms with Crippen molar-refractivity contribution in [3.05, 3.63) is 11.6 Å². The summed E-state index contributed by atoms with van der Waals surface area (Å²) < 4.78 is 5.01. The van der Waals surface area contributed by atoms with Crippen molar-refractivity contribution >= 4 is 5.97 Å². The van der Waals surface area contributed by atoms with Gasteiger partial charge in [-0.05, 0) is 20.9 Å². The number of hydrogen-bond acceptors (Lipinski definition) is 3. The fraction of sp³-hybridized carbons (Fsp3) is 0.700. The van der Waals surface area contributed by atoms with Gasteiger partial charge in [0.1, 0.15) is 0 Å². The first-order valence-corrected chi connectivity index (χ1v) is 4.56. The molecule has 0 rings (SSSR count). The smallest absolute Gasteiger partial charge is 0.328 e. The molecule has 0 spiro atoms. The second kappa shape index (κ2) is 6.56. The average molecular weight is 201 g/mol. The molecule has 0 fully saturated rings. The molecule has 0 aliphatic heterocycles. The summed E-state index contributed by atoms with van der Waals surface area (Å²) in [6.45, 7) is 5.15. The van der Waals surface area contributed by atoms with Gasteiger partial charge in [-0.15, -0.1) is 0 Å². The topological polar surface area (TPSA) is 49.8 Å². The van der Waals surface area contributed by atoms with Gasteiger partial charge in [0.05, 0.1) is 6.61 Å². The first-order valence-electron chi connectivity index (χ1n) is 4.56. The van der Waals surface area contributed by atoms with E-state index in [2.05, 4.69) is 4.90 Å². The molecule has 0 amide bonds. The number of ether oxygens (including phenoxy) is 1. The highest BCUT2D eigenvalue weighted by Crippen LogP contribution is 2.01. The summed E-state index contributed by atoms with van der Waals surface area (Å²) >= 11 is 0. The molecule has 0 bridgehead atoms. The number of rotatable bonds is 6. The minimum absolute atomic E-state index is 0.289. The van der Waals surface area contributed by atoms with Crippen LogP contribution in [0.15, 0.2) is 11.6 Å². The van der Waals surface area contributed by atoms with Crippen LogP contribution in [-0.2, 0) is 9.53 Å². The summed E-state index contributed by atoms with van der Waals surface area (Å²) in [4.78, 5) is 12.4. The van der Waals surface area contributed by atoms with Gasteiger partial charge < -0.3 is 9.84 Å². The lowest BCUT2D eigenvalue weighted by Crippen LogP contribution is -2.33. The summed E-state index contributed by atoms with van der Waals surface area (Å²) in [7, 11) is 3.60. The number of nitrogens with zero attached hydrogens (tertiary/aromatic N) is 1. The van der Waals surface area contributed by atoms with Crippen LogP contribution in [0, 0.1) is 0 Å². The van der Waals surface area contributed by atoms with E-state index >= 15 is 0 Å². The SMILES string of the molecule is COCC(C)N(C)CC(C)=CC(=O)O. The van der Waals surface area contributed by atoms with Gasteiger partial charge in [0.15, 0.2) is 0 Å². The Kier molecular flexibility index (Phi) is 6.16. The minimum Gasteiger partial charge on any atom is -0.478 e. The van der Waals surface area contributed by atoms with Gasteiger partial charge in [0.25, 0.3) is 0 Å². The Bertz CT molecular complexity index is 213. The summed E-state index contributed by atoms with van der Waals surface area (Å²) in [5, 5.41) is 8.52. The Morgan fingerprint density at radius 3 is 2.64 bits per heavy atom. The maximum absolute atomic E-state index is 10.4. The third-order valence-electron chi connectivity index (χ3n) is 2.03. The Morgan fingerprint density at radius 1 is 1.64 bits per heavy atom. The lowest BCUT2D eigenvalue weighted by molar-refractivity contribution is -0.131. The largest absolute Gasteiger partial charge is 0.478 e. The number of carboxylic acids is 1. The molecular weight excluding hydrogens is 182 g/mol. The quantitative estimate of drug-likeness (QED) is 0.651. The van der Waals surface area contributed by atoms with Gasteiger partial charge in [-0.25, -0.2) is 4.79 Å². The molecule has 0 aliphatic carbocycles. The van der Waals surface area contributed by atoms with E-state index in [4.69, 9.17) is 9.84 Å². The van der Waals surface area contributed by atoms with E-state index in [1.165, 1.54) is 6.08 Å². The number of hydrogen-bond donors (Lipinski definition) is 1. The molecule has 0 radical (unpaired) electrons. The van der Waals surface area contributed by atoms with Crippen molar-refractivity contribution in [3.8, 4) is 0 Å². The van der Waals surface area contributed by atoms with E-state index in [0.29, 0.717) is 13.2 Å². The molecule has 1 N–H and O–H groups in total. The molecule has 1 unspecified atom stereocenters. The first-order chi connectivity index (χ1) is 6.47. The van der Waals surface area contributed by atoms with Crippen molar-refractivity contribution in [1.29, 1.82) is 0 Å². The van der Waals surface area contributed by atoms with Gasteiger partial charge in [-0.1, -0.05) is 5.57 Å². The van der Waals surface area contributed by atoms with Crippen molar-refractivity contribution < 1.29 is 14.6 Å². The molecule has 0 saturated carbocycles. The van der Waals surface area contributed by atoms with Crippen LogP contribution in [0.2, 0.25) is 0 Å². The highest BCUT2D eigenvalue weighted by molar-refractivity contribution is 5.80. The molecular formula is C10H19NO3. The Hall–Kier alpha value is -0.870. The van der Waals surface area contributed by atoms with E-state index in [-0.39, 0.29) is 6.04 Å². The monoisotopic (exact) mass is 201 g/mol. The molecule has 0 aromatic carbocycles. The second-order valence-corrected chi connectivity index (χ2v) is 3.55. The summed E-state index contributed by atoms with van der Waals surface area (Å²) in [5.74, 6) is -0.893. The zero-order valence-corrected chi connectivity index (χ0v) is 9.28. The molecule has 0 heterocycles. The Morgan fingerprint density at radius 2 is 2.21 bits per heavy atom. The molecule has 82 valence electrons. The van der Waals surface area contributed by atoms with E-state index in [0.717, 1.165) is 5.57 Å². The zero-order chi connectivity index (χ0) is 11.1. The molecule has 0 aliphatic rings. The summed E-state index contributed by atoms with van der Waals surface area (Å²) in [6, 6.07) is 0.289. The molecule has 0 aromatic rings. The lowest BCUT2D eigenvalue weighted by atomic mass is 10.2. The van der Waals surface area contributed by atoms with Crippen molar-refractivity contribution in [3.63, 3.8) is 0 Å². The number of carbonyl (C=O) groups is 1. The number of aliphatic carboxylic acids is 1. The minimum atomic E-state index is -0.893. The van der Waals surface area contributed by atoms with Crippen molar-refractivity contribution in [1.82, 2.24) is 4.90 Å². The lowest BCUT2D eigenvalue weighted by Gasteiger charge is -2.24. The fourth-order valence-corrected chi connectivity index (χ4v) is 1.17. The maximum Gasteiger partial charge on any atom is 0.328 e. The predicted molar refractivity (Wildman–Crippen MR) is 55.4 cm³/mol. The van der Waals surface area contributed by atoms with Crippen molar-refractivity contribution in [2.75, 3.05) is 27.3 Å². The molecule has 4 heteroatoms. The molecule has 0 saturated heterocycles. The molecule has 1 atom stereocenters. The molecule has 4 nitrogen and oxygen atoms in total. The van der Waals surface area contributed by atoms with Gasteiger partial charge >= 0.3 is 5.97 Å². The number of likely N-dealkylation sites (N-methyl/N-ethyl adjacent to an activating group) is 1. The summed E-state index contributed by atoms with van der Waals surface area (Å²) in [5.41, 5.74) is 0.836. The standard InChI is InChI=1S/C10H19NO3/c1-8(5-10(12)13)6-11(3)9(2)7-14-4/h5,9H,6-7H2,1-4H3,(H,12,13). The van der Waals surface area contributed by atoms with Gasteiger partial charge in [0.2, 0.25) is 0 Å². The fourth-order valence-electron chi connectivity index (χ4n) is 1.17. The van der Waals surface area contributed by atoms with Crippen LogP contribution in [0.3, 0.4) is 0 Å². The maximum atomic E-state index is 10.4. The van der Waals surface area contributed by atoms with Crippen LogP contribution in [0.4, 0.5) is 0 Å². The number of carboxylic acid groups (broad SMARTS) is 1. The Balaban J connectivity index is 4.04. The first kappa shape index (κ1) is 13.1. The number of methoxy groups -OCH3 is 1. The van der Waals surface area contributed by atoms with Crippen LogP contribution in [0.25, 0.3) is 0 Å². The molecule has 0 aromatic heterocycles. The third-order valence-corrected chi connectivity index (χ3v) is 2.03. The zero-order valence-electron chi connectivity index (χ0n) is 9.28. The van der Waals surface area contributed by atoms with Crippen LogP contribution in [0.1, 0.15) is 13.8 Å². The highest BCUT2D eigenvalue weighted by Gasteiger charge is 2.08. The average Bonchev–Trinajstić information content (AvgIpc) is 2.02. The van der Waals surface area contributed by atoms with E-state index in [1.807, 2.05) is 20.9 Å². The van der Waals surface area contributed by atoms with E-state index in [1.54, 1.807) is 7.11 Å². The summed E-state index contributed by atoms with van der Waals surface area (Å²) in [6.07, 6.45) is 1.23. The van der Waals surface area contributed by atoms with Gasteiger partial charge in [0, 0.05) is 25.8 Å². The van der Waals surface area contributed by atoms with Crippen LogP contribution in [-0.4, -0.2) is 49.3 Å². The second-order valence-electron chi connectivity index (χ2n) is 3.55. The van der Waals surface area contributed by atoms with Crippen molar-refractivity contribution in [2.45, 2.75) is 19.9 Å². The highest BCUT2D eigenvalue weighted by atomic mass is 16.5. The predicted octanol–water partition coefficient (Wildman–Crippen LogP) is 0.984. The van der Waals surface area contributed by atoms with Crippen LogP contribution < -0.4 is 0 Å². The van der Waals surface area contributed by atoms with Crippen LogP contribution in [0.5, 0.6) is 0 Å². The molecule has 14 heavy (non-hydrogen) atoms. The third kappa shape index (κ3) is 5.72. The van der Waals surface area contributed by atoms with Crippen LogP contribution >= 0.6 is 0 Å². The van der Waals surface area contributed by atoms with Crippen molar-refractivity contribution in [2.24, 2.45) is 0 Å². The van der Waals surface area contributed by atoms with Gasteiger partial charge in [-0.3, -0.25) is 4.90 Å². The van der Waals surface area contributed by atoms with E-state index < -0.39 is 5.97 Å². The normalized spacial score (nSPS) is 14.5. The van der Waals surface area contributed by atoms with E-state index in [9.17, 15) is 4.79 Å².